The normalized spacial score (nSPS) is 16.0. The molecular formula is C8H15N3O. The highest BCUT2D eigenvalue weighted by Gasteiger charge is 2.24. The van der Waals surface area contributed by atoms with Crippen molar-refractivity contribution in [2.45, 2.75) is 25.9 Å². The summed E-state index contributed by atoms with van der Waals surface area (Å²) in [4.78, 5) is 4.11. The van der Waals surface area contributed by atoms with Gasteiger partial charge in [0.1, 0.15) is 5.82 Å². The lowest BCUT2D eigenvalue weighted by atomic mass is 10.1. The second-order valence-corrected chi connectivity index (χ2v) is 3.11. The molecule has 0 bridgehead atoms. The molecule has 1 rings (SSSR count). The Kier molecular flexibility index (Phi) is 2.49. The van der Waals surface area contributed by atoms with E-state index >= 15 is 0 Å². The number of imidazole rings is 1. The quantitative estimate of drug-likeness (QED) is 0.673. The van der Waals surface area contributed by atoms with E-state index in [4.69, 9.17) is 10.8 Å². The third-order valence-corrected chi connectivity index (χ3v) is 1.90. The van der Waals surface area contributed by atoms with Crippen molar-refractivity contribution in [3.8, 4) is 0 Å². The Morgan fingerprint density at radius 3 is 2.92 bits per heavy atom. The highest BCUT2D eigenvalue weighted by atomic mass is 16.3. The minimum Gasteiger partial charge on any atom is -0.394 e. The van der Waals surface area contributed by atoms with E-state index in [0.717, 1.165) is 12.4 Å². The average molecular weight is 169 g/mol. The Morgan fingerprint density at radius 2 is 2.42 bits per heavy atom. The first kappa shape index (κ1) is 9.22. The van der Waals surface area contributed by atoms with Crippen LogP contribution in [0.4, 0.5) is 0 Å². The molecule has 1 atom stereocenters. The summed E-state index contributed by atoms with van der Waals surface area (Å²) in [5.74, 6) is 0.729. The maximum absolute atomic E-state index is 9.01. The summed E-state index contributed by atoms with van der Waals surface area (Å²) in [5, 5.41) is 9.01. The lowest BCUT2D eigenvalue weighted by Gasteiger charge is -2.21. The smallest absolute Gasteiger partial charge is 0.130 e. The molecule has 68 valence electrons. The zero-order chi connectivity index (χ0) is 9.19. The topological polar surface area (TPSA) is 64.1 Å². The van der Waals surface area contributed by atoms with Crippen LogP contribution in [0.3, 0.4) is 0 Å². The van der Waals surface area contributed by atoms with Crippen LogP contribution in [0, 0.1) is 0 Å². The first-order valence-corrected chi connectivity index (χ1v) is 4.03. The molecule has 1 aromatic rings. The summed E-state index contributed by atoms with van der Waals surface area (Å²) in [7, 11) is 0. The van der Waals surface area contributed by atoms with Gasteiger partial charge in [0, 0.05) is 18.9 Å². The molecule has 0 saturated carbocycles. The van der Waals surface area contributed by atoms with Gasteiger partial charge < -0.3 is 15.4 Å². The number of nitrogens with zero attached hydrogens (tertiary/aromatic N) is 2. The van der Waals surface area contributed by atoms with Crippen molar-refractivity contribution in [1.82, 2.24) is 9.55 Å². The monoisotopic (exact) mass is 169 g/mol. The van der Waals surface area contributed by atoms with Crippen molar-refractivity contribution in [3.05, 3.63) is 18.2 Å². The minimum absolute atomic E-state index is 0.0932. The zero-order valence-corrected chi connectivity index (χ0v) is 7.49. The Bertz CT molecular complexity index is 255. The van der Waals surface area contributed by atoms with E-state index in [1.165, 1.54) is 0 Å². The van der Waals surface area contributed by atoms with Crippen molar-refractivity contribution in [3.63, 3.8) is 0 Å². The number of hydrogen-bond donors (Lipinski definition) is 2. The van der Waals surface area contributed by atoms with Crippen molar-refractivity contribution in [2.75, 3.05) is 6.61 Å². The van der Waals surface area contributed by atoms with Crippen LogP contribution >= 0.6 is 0 Å². The molecule has 0 saturated heterocycles. The van der Waals surface area contributed by atoms with Crippen molar-refractivity contribution in [2.24, 2.45) is 5.73 Å². The van der Waals surface area contributed by atoms with Gasteiger partial charge in [-0.05, 0) is 13.8 Å². The molecular weight excluding hydrogens is 154 g/mol. The molecule has 4 nitrogen and oxygen atoms in total. The van der Waals surface area contributed by atoms with Gasteiger partial charge in [-0.15, -0.1) is 0 Å². The van der Waals surface area contributed by atoms with Crippen LogP contribution in [0.5, 0.6) is 0 Å². The van der Waals surface area contributed by atoms with E-state index < -0.39 is 5.54 Å². The molecule has 0 aliphatic carbocycles. The highest BCUT2D eigenvalue weighted by molar-refractivity contribution is 5.05. The van der Waals surface area contributed by atoms with E-state index in [2.05, 4.69) is 4.98 Å². The largest absolute Gasteiger partial charge is 0.394 e. The van der Waals surface area contributed by atoms with Gasteiger partial charge in [0.25, 0.3) is 0 Å². The summed E-state index contributed by atoms with van der Waals surface area (Å²) in [6.07, 6.45) is 3.55. The lowest BCUT2D eigenvalue weighted by Crippen LogP contribution is -2.39. The van der Waals surface area contributed by atoms with Crippen molar-refractivity contribution < 1.29 is 5.11 Å². The van der Waals surface area contributed by atoms with Gasteiger partial charge in [-0.3, -0.25) is 0 Å². The van der Waals surface area contributed by atoms with Crippen molar-refractivity contribution in [1.29, 1.82) is 0 Å². The Balaban J connectivity index is 3.00. The van der Waals surface area contributed by atoms with E-state index in [1.807, 2.05) is 17.7 Å². The molecule has 0 aromatic carbocycles. The SMILES string of the molecule is CCn1ccnc1C(C)(N)CO. The van der Waals surface area contributed by atoms with Gasteiger partial charge in [0.2, 0.25) is 0 Å². The van der Waals surface area contributed by atoms with E-state index in [1.54, 1.807) is 13.1 Å². The molecule has 4 heteroatoms. The van der Waals surface area contributed by atoms with Crippen LogP contribution in [-0.2, 0) is 12.1 Å². The number of aromatic nitrogens is 2. The van der Waals surface area contributed by atoms with Crippen LogP contribution in [0.1, 0.15) is 19.7 Å². The predicted molar refractivity (Wildman–Crippen MR) is 46.5 cm³/mol. The summed E-state index contributed by atoms with van der Waals surface area (Å²) < 4.78 is 1.93. The van der Waals surface area contributed by atoms with Gasteiger partial charge in [0.15, 0.2) is 0 Å². The third kappa shape index (κ3) is 1.49. The average Bonchev–Trinajstić information content (AvgIpc) is 2.52. The number of hydrogen-bond acceptors (Lipinski definition) is 3. The fourth-order valence-electron chi connectivity index (χ4n) is 1.13. The summed E-state index contributed by atoms with van der Waals surface area (Å²) in [6.45, 7) is 4.51. The van der Waals surface area contributed by atoms with Gasteiger partial charge in [0.05, 0.1) is 12.1 Å². The highest BCUT2D eigenvalue weighted by Crippen LogP contribution is 2.14. The molecule has 0 fully saturated rings. The number of nitrogens with two attached hydrogens (primary N) is 1. The first-order chi connectivity index (χ1) is 5.61. The molecule has 12 heavy (non-hydrogen) atoms. The zero-order valence-electron chi connectivity index (χ0n) is 7.49. The molecule has 0 amide bonds. The van der Waals surface area contributed by atoms with Gasteiger partial charge in [-0.25, -0.2) is 4.98 Å². The van der Waals surface area contributed by atoms with Crippen LogP contribution in [-0.4, -0.2) is 21.3 Å². The number of rotatable bonds is 3. The maximum Gasteiger partial charge on any atom is 0.130 e. The van der Waals surface area contributed by atoms with Gasteiger partial charge >= 0.3 is 0 Å². The lowest BCUT2D eigenvalue weighted by molar-refractivity contribution is 0.199. The minimum atomic E-state index is -0.737. The third-order valence-electron chi connectivity index (χ3n) is 1.90. The number of aliphatic hydroxyl groups is 1. The maximum atomic E-state index is 9.01. The predicted octanol–water partition coefficient (Wildman–Crippen LogP) is 0.0692. The number of aryl methyl sites for hydroxylation is 1. The van der Waals surface area contributed by atoms with Crippen LogP contribution in [0.2, 0.25) is 0 Å². The Labute approximate surface area is 72.0 Å². The fourth-order valence-corrected chi connectivity index (χ4v) is 1.13. The molecule has 1 aromatic heterocycles. The molecule has 1 heterocycles. The second-order valence-electron chi connectivity index (χ2n) is 3.11. The van der Waals surface area contributed by atoms with Gasteiger partial charge in [-0.2, -0.15) is 0 Å². The van der Waals surface area contributed by atoms with Gasteiger partial charge in [-0.1, -0.05) is 0 Å². The summed E-state index contributed by atoms with van der Waals surface area (Å²) in [5.41, 5.74) is 5.09. The molecule has 0 aliphatic rings. The second kappa shape index (κ2) is 3.25. The summed E-state index contributed by atoms with van der Waals surface area (Å²) >= 11 is 0. The molecule has 3 N–H and O–H groups in total. The van der Waals surface area contributed by atoms with E-state index in [0.29, 0.717) is 0 Å². The molecule has 0 radical (unpaired) electrons. The number of aliphatic hydroxyl groups excluding tert-OH is 1. The molecule has 0 spiro atoms. The Hall–Kier alpha value is -0.870. The van der Waals surface area contributed by atoms with E-state index in [9.17, 15) is 0 Å². The van der Waals surface area contributed by atoms with Crippen molar-refractivity contribution >= 4 is 0 Å². The fraction of sp³-hybridized carbons (Fsp3) is 0.625. The Morgan fingerprint density at radius 1 is 1.75 bits per heavy atom. The van der Waals surface area contributed by atoms with Crippen LogP contribution in [0.15, 0.2) is 12.4 Å². The summed E-state index contributed by atoms with van der Waals surface area (Å²) in [6, 6.07) is 0. The van der Waals surface area contributed by atoms with E-state index in [-0.39, 0.29) is 6.61 Å². The first-order valence-electron chi connectivity index (χ1n) is 4.03. The molecule has 1 unspecified atom stereocenters. The van der Waals surface area contributed by atoms with Crippen LogP contribution < -0.4 is 5.73 Å². The molecule has 0 aliphatic heterocycles. The standard InChI is InChI=1S/C8H15N3O/c1-3-11-5-4-10-7(11)8(2,9)6-12/h4-5,12H,3,6,9H2,1-2H3. The van der Waals surface area contributed by atoms with Crippen LogP contribution in [0.25, 0.3) is 0 Å².